The molecule has 0 saturated carbocycles. The number of aliphatic hydroxyl groups is 1. The monoisotopic (exact) mass is 309 g/mol. The molecule has 5 nitrogen and oxygen atoms in total. The maximum absolute atomic E-state index is 10.1. The maximum atomic E-state index is 10.1. The SMILES string of the molecule is COc1ccc(COC[C@H](O)CN2C[C@H](C)OC[C@@H]2C)cc1. The minimum absolute atomic E-state index is 0.226. The second kappa shape index (κ2) is 8.48. The highest BCUT2D eigenvalue weighted by atomic mass is 16.5. The van der Waals surface area contributed by atoms with Crippen molar-refractivity contribution in [1.29, 1.82) is 0 Å². The highest BCUT2D eigenvalue weighted by Gasteiger charge is 2.25. The van der Waals surface area contributed by atoms with Crippen molar-refractivity contribution in [3.8, 4) is 5.75 Å². The fourth-order valence-electron chi connectivity index (χ4n) is 2.58. The van der Waals surface area contributed by atoms with Gasteiger partial charge in [-0.25, -0.2) is 0 Å². The zero-order chi connectivity index (χ0) is 15.9. The number of β-amino-alcohol motifs (C(OH)–C–C–N with tert-alkyl or cyclic N) is 1. The van der Waals surface area contributed by atoms with Gasteiger partial charge in [-0.05, 0) is 31.5 Å². The third kappa shape index (κ3) is 5.25. The van der Waals surface area contributed by atoms with E-state index < -0.39 is 6.10 Å². The first-order valence-corrected chi connectivity index (χ1v) is 7.83. The number of hydrogen-bond acceptors (Lipinski definition) is 5. The van der Waals surface area contributed by atoms with Crippen LogP contribution in [0.4, 0.5) is 0 Å². The molecule has 1 aliphatic heterocycles. The summed E-state index contributed by atoms with van der Waals surface area (Å²) in [6.45, 7) is 7.22. The van der Waals surface area contributed by atoms with Crippen LogP contribution in [-0.2, 0) is 16.1 Å². The number of aliphatic hydroxyl groups excluding tert-OH is 1. The fourth-order valence-corrected chi connectivity index (χ4v) is 2.58. The van der Waals surface area contributed by atoms with Crippen molar-refractivity contribution in [3.63, 3.8) is 0 Å². The highest BCUT2D eigenvalue weighted by molar-refractivity contribution is 5.26. The summed E-state index contributed by atoms with van der Waals surface area (Å²) in [5.74, 6) is 0.833. The van der Waals surface area contributed by atoms with E-state index in [9.17, 15) is 5.11 Å². The first kappa shape index (κ1) is 17.2. The van der Waals surface area contributed by atoms with Crippen molar-refractivity contribution in [2.24, 2.45) is 0 Å². The summed E-state index contributed by atoms with van der Waals surface area (Å²) in [5, 5.41) is 10.1. The molecular formula is C17H27NO4. The van der Waals surface area contributed by atoms with Crippen LogP contribution in [0.15, 0.2) is 24.3 Å². The van der Waals surface area contributed by atoms with Crippen molar-refractivity contribution in [2.75, 3.05) is 33.4 Å². The molecule has 1 N–H and O–H groups in total. The molecule has 124 valence electrons. The molecule has 0 bridgehead atoms. The summed E-state index contributed by atoms with van der Waals surface area (Å²) in [6.07, 6.45) is -0.255. The van der Waals surface area contributed by atoms with E-state index in [1.807, 2.05) is 24.3 Å². The van der Waals surface area contributed by atoms with Crippen molar-refractivity contribution in [3.05, 3.63) is 29.8 Å². The molecule has 0 aliphatic carbocycles. The van der Waals surface area contributed by atoms with Gasteiger partial charge in [0.1, 0.15) is 5.75 Å². The molecule has 1 aliphatic rings. The van der Waals surface area contributed by atoms with E-state index in [-0.39, 0.29) is 6.10 Å². The molecule has 2 rings (SSSR count). The van der Waals surface area contributed by atoms with Gasteiger partial charge in [0, 0.05) is 19.1 Å². The van der Waals surface area contributed by atoms with Crippen LogP contribution in [-0.4, -0.2) is 61.7 Å². The number of ether oxygens (including phenoxy) is 3. The van der Waals surface area contributed by atoms with Gasteiger partial charge in [-0.1, -0.05) is 12.1 Å². The van der Waals surface area contributed by atoms with E-state index >= 15 is 0 Å². The normalized spacial score (nSPS) is 24.2. The van der Waals surface area contributed by atoms with Gasteiger partial charge >= 0.3 is 0 Å². The van der Waals surface area contributed by atoms with Gasteiger partial charge in [0.25, 0.3) is 0 Å². The molecule has 0 unspecified atom stereocenters. The predicted octanol–water partition coefficient (Wildman–Crippen LogP) is 1.68. The molecule has 22 heavy (non-hydrogen) atoms. The van der Waals surface area contributed by atoms with Crippen LogP contribution in [0.1, 0.15) is 19.4 Å². The van der Waals surface area contributed by atoms with E-state index in [4.69, 9.17) is 14.2 Å². The lowest BCUT2D eigenvalue weighted by molar-refractivity contribution is -0.0712. The molecule has 1 heterocycles. The summed E-state index contributed by atoms with van der Waals surface area (Å²) in [4.78, 5) is 2.26. The van der Waals surface area contributed by atoms with E-state index in [0.717, 1.165) is 24.5 Å². The lowest BCUT2D eigenvalue weighted by Gasteiger charge is -2.37. The van der Waals surface area contributed by atoms with Crippen LogP contribution in [0.2, 0.25) is 0 Å². The largest absolute Gasteiger partial charge is 0.497 e. The van der Waals surface area contributed by atoms with Crippen molar-refractivity contribution < 1.29 is 19.3 Å². The summed E-state index contributed by atoms with van der Waals surface area (Å²) in [5.41, 5.74) is 1.07. The Hall–Kier alpha value is -1.14. The van der Waals surface area contributed by atoms with E-state index in [0.29, 0.717) is 25.8 Å². The quantitative estimate of drug-likeness (QED) is 0.830. The van der Waals surface area contributed by atoms with Gasteiger partial charge < -0.3 is 19.3 Å². The predicted molar refractivity (Wildman–Crippen MR) is 85.1 cm³/mol. The molecule has 5 heteroatoms. The van der Waals surface area contributed by atoms with Gasteiger partial charge in [0.05, 0.1) is 39.1 Å². The average Bonchev–Trinajstić information content (AvgIpc) is 2.51. The van der Waals surface area contributed by atoms with Crippen LogP contribution < -0.4 is 4.74 Å². The molecule has 0 spiro atoms. The number of rotatable bonds is 7. The molecular weight excluding hydrogens is 282 g/mol. The Labute approximate surface area is 132 Å². The van der Waals surface area contributed by atoms with Crippen molar-refractivity contribution in [2.45, 2.75) is 38.7 Å². The Morgan fingerprint density at radius 1 is 1.32 bits per heavy atom. The fraction of sp³-hybridized carbons (Fsp3) is 0.647. The molecule has 1 fully saturated rings. The lowest BCUT2D eigenvalue weighted by atomic mass is 10.2. The Kier molecular flexibility index (Phi) is 6.64. The minimum atomic E-state index is -0.481. The smallest absolute Gasteiger partial charge is 0.118 e. The number of methoxy groups -OCH3 is 1. The molecule has 0 amide bonds. The number of hydrogen-bond donors (Lipinski definition) is 1. The van der Waals surface area contributed by atoms with Gasteiger partial charge in [-0.3, -0.25) is 4.90 Å². The van der Waals surface area contributed by atoms with Gasteiger partial charge in [-0.15, -0.1) is 0 Å². The zero-order valence-electron chi connectivity index (χ0n) is 13.7. The Balaban J connectivity index is 1.69. The summed E-state index contributed by atoms with van der Waals surface area (Å²) >= 11 is 0. The first-order valence-electron chi connectivity index (χ1n) is 7.83. The third-order valence-electron chi connectivity index (χ3n) is 3.92. The van der Waals surface area contributed by atoms with Crippen LogP contribution in [0, 0.1) is 0 Å². The Bertz CT molecular complexity index is 437. The molecule has 3 atom stereocenters. The van der Waals surface area contributed by atoms with Crippen molar-refractivity contribution >= 4 is 0 Å². The topological polar surface area (TPSA) is 51.2 Å². The van der Waals surface area contributed by atoms with Gasteiger partial charge in [0.2, 0.25) is 0 Å². The number of nitrogens with zero attached hydrogens (tertiary/aromatic N) is 1. The van der Waals surface area contributed by atoms with Crippen LogP contribution >= 0.6 is 0 Å². The van der Waals surface area contributed by atoms with Crippen LogP contribution in [0.25, 0.3) is 0 Å². The second-order valence-electron chi connectivity index (χ2n) is 5.96. The van der Waals surface area contributed by atoms with E-state index in [1.54, 1.807) is 7.11 Å². The summed E-state index contributed by atoms with van der Waals surface area (Å²) in [7, 11) is 1.65. The Morgan fingerprint density at radius 3 is 2.73 bits per heavy atom. The minimum Gasteiger partial charge on any atom is -0.497 e. The molecule has 1 saturated heterocycles. The number of benzene rings is 1. The average molecular weight is 309 g/mol. The van der Waals surface area contributed by atoms with Crippen LogP contribution in [0.3, 0.4) is 0 Å². The summed E-state index contributed by atoms with van der Waals surface area (Å²) in [6, 6.07) is 8.10. The standard InChI is InChI=1S/C17H27NO4/c1-13-10-22-14(2)8-18(13)9-16(19)12-21-11-15-4-6-17(20-3)7-5-15/h4-7,13-14,16,19H,8-12H2,1-3H3/t13-,14-,16+/m0/s1. The van der Waals surface area contributed by atoms with E-state index in [2.05, 4.69) is 18.7 Å². The zero-order valence-corrected chi connectivity index (χ0v) is 13.7. The summed E-state index contributed by atoms with van der Waals surface area (Å²) < 4.78 is 16.3. The first-order chi connectivity index (χ1) is 10.6. The van der Waals surface area contributed by atoms with E-state index in [1.165, 1.54) is 0 Å². The van der Waals surface area contributed by atoms with Crippen LogP contribution in [0.5, 0.6) is 5.75 Å². The Morgan fingerprint density at radius 2 is 2.05 bits per heavy atom. The number of morpholine rings is 1. The van der Waals surface area contributed by atoms with Gasteiger partial charge in [0.15, 0.2) is 0 Å². The molecule has 1 aromatic carbocycles. The molecule has 1 aromatic rings. The third-order valence-corrected chi connectivity index (χ3v) is 3.92. The molecule has 0 radical (unpaired) electrons. The maximum Gasteiger partial charge on any atom is 0.118 e. The van der Waals surface area contributed by atoms with Crippen molar-refractivity contribution in [1.82, 2.24) is 4.90 Å². The molecule has 0 aromatic heterocycles. The lowest BCUT2D eigenvalue weighted by Crippen LogP contribution is -2.50. The van der Waals surface area contributed by atoms with Gasteiger partial charge in [-0.2, -0.15) is 0 Å². The second-order valence-corrected chi connectivity index (χ2v) is 5.96. The highest BCUT2D eigenvalue weighted by Crippen LogP contribution is 2.13.